The average Bonchev–Trinajstić information content (AvgIpc) is 2.43. The summed E-state index contributed by atoms with van der Waals surface area (Å²) >= 11 is 0. The fourth-order valence-electron chi connectivity index (χ4n) is 2.03. The van der Waals surface area contributed by atoms with Crippen LogP contribution in [-0.4, -0.2) is 28.0 Å². The highest BCUT2D eigenvalue weighted by atomic mass is 16.4. The number of nitrogens with zero attached hydrogens (tertiary/aromatic N) is 1. The number of amides is 1. The normalized spacial score (nSPS) is 12.3. The number of rotatable bonds is 4. The molecule has 1 aromatic heterocycles. The molecule has 5 heteroatoms. The minimum absolute atomic E-state index is 0.190. The maximum absolute atomic E-state index is 12.3. The van der Waals surface area contributed by atoms with Crippen LogP contribution in [0.25, 0.3) is 10.9 Å². The van der Waals surface area contributed by atoms with Crippen LogP contribution in [0.4, 0.5) is 0 Å². The maximum Gasteiger partial charge on any atom is 0.326 e. The molecule has 1 heterocycles. The van der Waals surface area contributed by atoms with E-state index in [4.69, 9.17) is 5.11 Å². The van der Waals surface area contributed by atoms with Gasteiger partial charge in [0.15, 0.2) is 0 Å². The number of carboxylic acids is 1. The van der Waals surface area contributed by atoms with E-state index in [0.29, 0.717) is 16.5 Å². The highest BCUT2D eigenvalue weighted by Gasteiger charge is 2.24. The van der Waals surface area contributed by atoms with Gasteiger partial charge in [0.25, 0.3) is 5.91 Å². The van der Waals surface area contributed by atoms with Crippen molar-refractivity contribution in [3.8, 4) is 0 Å². The van der Waals surface area contributed by atoms with Crippen LogP contribution in [0.2, 0.25) is 0 Å². The summed E-state index contributed by atoms with van der Waals surface area (Å²) < 4.78 is 0. The molecule has 0 aliphatic carbocycles. The summed E-state index contributed by atoms with van der Waals surface area (Å²) in [6, 6.07) is 7.94. The van der Waals surface area contributed by atoms with E-state index in [1.165, 1.54) is 0 Å². The van der Waals surface area contributed by atoms with Gasteiger partial charge in [-0.05, 0) is 18.1 Å². The van der Waals surface area contributed by atoms with Crippen LogP contribution < -0.4 is 5.32 Å². The Labute approximate surface area is 116 Å². The number of benzene rings is 1. The van der Waals surface area contributed by atoms with Crippen molar-refractivity contribution in [2.45, 2.75) is 19.9 Å². The molecular formula is C15H16N2O3. The van der Waals surface area contributed by atoms with Crippen molar-refractivity contribution < 1.29 is 14.7 Å². The van der Waals surface area contributed by atoms with Crippen molar-refractivity contribution in [1.82, 2.24) is 10.3 Å². The van der Waals surface area contributed by atoms with E-state index in [1.807, 2.05) is 18.2 Å². The van der Waals surface area contributed by atoms with Gasteiger partial charge in [-0.15, -0.1) is 0 Å². The fraction of sp³-hybridized carbons (Fsp3) is 0.267. The van der Waals surface area contributed by atoms with Crippen molar-refractivity contribution in [2.75, 3.05) is 0 Å². The lowest BCUT2D eigenvalue weighted by Gasteiger charge is -2.18. The highest BCUT2D eigenvalue weighted by molar-refractivity contribution is 6.06. The van der Waals surface area contributed by atoms with Crippen molar-refractivity contribution in [1.29, 1.82) is 0 Å². The molecule has 0 fully saturated rings. The summed E-state index contributed by atoms with van der Waals surface area (Å²) in [4.78, 5) is 27.6. The van der Waals surface area contributed by atoms with E-state index in [9.17, 15) is 9.59 Å². The van der Waals surface area contributed by atoms with Crippen LogP contribution in [0.3, 0.4) is 0 Å². The van der Waals surface area contributed by atoms with Gasteiger partial charge in [-0.25, -0.2) is 4.79 Å². The van der Waals surface area contributed by atoms with Gasteiger partial charge in [0, 0.05) is 11.6 Å². The second kappa shape index (κ2) is 5.69. The van der Waals surface area contributed by atoms with E-state index in [-0.39, 0.29) is 5.92 Å². The standard InChI is InChI=1S/C15H16N2O3/c1-9(2)13(15(19)20)17-14(18)11-7-8-16-12-6-4-3-5-10(11)12/h3-9,13H,1-2H3,(H,17,18)(H,19,20)/t13-/m1/s1. The van der Waals surface area contributed by atoms with E-state index < -0.39 is 17.9 Å². The Bertz CT molecular complexity index is 647. The summed E-state index contributed by atoms with van der Waals surface area (Å²) in [7, 11) is 0. The minimum Gasteiger partial charge on any atom is -0.480 e. The number of carbonyl (C=O) groups excluding carboxylic acids is 1. The summed E-state index contributed by atoms with van der Waals surface area (Å²) in [5.41, 5.74) is 1.14. The summed E-state index contributed by atoms with van der Waals surface area (Å²) in [5, 5.41) is 12.4. The van der Waals surface area contributed by atoms with Gasteiger partial charge in [-0.1, -0.05) is 32.0 Å². The number of aromatic nitrogens is 1. The van der Waals surface area contributed by atoms with Crippen molar-refractivity contribution in [2.24, 2.45) is 5.92 Å². The molecule has 0 saturated carbocycles. The van der Waals surface area contributed by atoms with Crippen LogP contribution in [0.5, 0.6) is 0 Å². The van der Waals surface area contributed by atoms with Gasteiger partial charge in [-0.2, -0.15) is 0 Å². The monoisotopic (exact) mass is 272 g/mol. The average molecular weight is 272 g/mol. The van der Waals surface area contributed by atoms with Crippen molar-refractivity contribution >= 4 is 22.8 Å². The SMILES string of the molecule is CC(C)[C@@H](NC(=O)c1ccnc2ccccc12)C(=O)O. The lowest BCUT2D eigenvalue weighted by Crippen LogP contribution is -2.44. The molecular weight excluding hydrogens is 256 g/mol. The molecule has 0 unspecified atom stereocenters. The Morgan fingerprint density at radius 3 is 2.55 bits per heavy atom. The molecule has 2 rings (SSSR count). The molecule has 0 bridgehead atoms. The Morgan fingerprint density at radius 1 is 1.20 bits per heavy atom. The zero-order chi connectivity index (χ0) is 14.7. The van der Waals surface area contributed by atoms with Gasteiger partial charge in [-0.3, -0.25) is 9.78 Å². The molecule has 1 aromatic carbocycles. The van der Waals surface area contributed by atoms with E-state index >= 15 is 0 Å². The highest BCUT2D eigenvalue weighted by Crippen LogP contribution is 2.16. The summed E-state index contributed by atoms with van der Waals surface area (Å²) in [6.07, 6.45) is 1.54. The Kier molecular flexibility index (Phi) is 3.98. The number of fused-ring (bicyclic) bond motifs is 1. The molecule has 1 atom stereocenters. The van der Waals surface area contributed by atoms with Crippen molar-refractivity contribution in [3.63, 3.8) is 0 Å². The van der Waals surface area contributed by atoms with Gasteiger partial charge >= 0.3 is 5.97 Å². The number of carboxylic acid groups (broad SMARTS) is 1. The first-order valence-electron chi connectivity index (χ1n) is 6.38. The number of nitrogens with one attached hydrogen (secondary N) is 1. The second-order valence-corrected chi connectivity index (χ2v) is 4.91. The third-order valence-electron chi connectivity index (χ3n) is 3.11. The van der Waals surface area contributed by atoms with E-state index in [0.717, 1.165) is 0 Å². The molecule has 2 N–H and O–H groups in total. The Hall–Kier alpha value is -2.43. The lowest BCUT2D eigenvalue weighted by atomic mass is 10.0. The van der Waals surface area contributed by atoms with E-state index in [2.05, 4.69) is 10.3 Å². The molecule has 0 saturated heterocycles. The molecule has 1 amide bonds. The summed E-state index contributed by atoms with van der Waals surface area (Å²) in [5.74, 6) is -1.62. The first-order chi connectivity index (χ1) is 9.50. The Balaban J connectivity index is 2.34. The number of para-hydroxylation sites is 1. The van der Waals surface area contributed by atoms with Crippen LogP contribution >= 0.6 is 0 Å². The smallest absolute Gasteiger partial charge is 0.326 e. The molecule has 20 heavy (non-hydrogen) atoms. The van der Waals surface area contributed by atoms with Gasteiger partial charge in [0.2, 0.25) is 0 Å². The predicted molar refractivity (Wildman–Crippen MR) is 75.5 cm³/mol. The molecule has 2 aromatic rings. The Morgan fingerprint density at radius 2 is 1.90 bits per heavy atom. The largest absolute Gasteiger partial charge is 0.480 e. The number of carbonyl (C=O) groups is 2. The van der Waals surface area contributed by atoms with Crippen LogP contribution in [-0.2, 0) is 4.79 Å². The minimum atomic E-state index is -1.04. The fourth-order valence-corrected chi connectivity index (χ4v) is 2.03. The zero-order valence-electron chi connectivity index (χ0n) is 11.3. The van der Waals surface area contributed by atoms with Gasteiger partial charge < -0.3 is 10.4 Å². The zero-order valence-corrected chi connectivity index (χ0v) is 11.3. The summed E-state index contributed by atoms with van der Waals surface area (Å²) in [6.45, 7) is 3.51. The number of aliphatic carboxylic acids is 1. The van der Waals surface area contributed by atoms with Crippen LogP contribution in [0.15, 0.2) is 36.5 Å². The molecule has 104 valence electrons. The first-order valence-corrected chi connectivity index (χ1v) is 6.38. The molecule has 0 spiro atoms. The van der Waals surface area contributed by atoms with E-state index in [1.54, 1.807) is 32.2 Å². The predicted octanol–water partition coefficient (Wildman–Crippen LogP) is 2.07. The maximum atomic E-state index is 12.3. The molecule has 5 nitrogen and oxygen atoms in total. The topological polar surface area (TPSA) is 79.3 Å². The second-order valence-electron chi connectivity index (χ2n) is 4.91. The quantitative estimate of drug-likeness (QED) is 0.893. The third-order valence-corrected chi connectivity index (χ3v) is 3.11. The third kappa shape index (κ3) is 2.77. The lowest BCUT2D eigenvalue weighted by molar-refractivity contribution is -0.140. The van der Waals surface area contributed by atoms with Gasteiger partial charge in [0.05, 0.1) is 11.1 Å². The van der Waals surface area contributed by atoms with Crippen LogP contribution in [0, 0.1) is 5.92 Å². The van der Waals surface area contributed by atoms with Crippen LogP contribution in [0.1, 0.15) is 24.2 Å². The molecule has 0 aliphatic rings. The number of hydrogen-bond acceptors (Lipinski definition) is 3. The van der Waals surface area contributed by atoms with Gasteiger partial charge in [0.1, 0.15) is 6.04 Å². The molecule has 0 radical (unpaired) electrons. The number of hydrogen-bond donors (Lipinski definition) is 2. The first kappa shape index (κ1) is 14.0. The van der Waals surface area contributed by atoms with Crippen molar-refractivity contribution in [3.05, 3.63) is 42.1 Å². The molecule has 0 aliphatic heterocycles. The number of pyridine rings is 1.